The lowest BCUT2D eigenvalue weighted by molar-refractivity contribution is 0.543. The van der Waals surface area contributed by atoms with Gasteiger partial charge in [0.15, 0.2) is 0 Å². The average Bonchev–Trinajstić information content (AvgIpc) is 3.08. The van der Waals surface area contributed by atoms with Gasteiger partial charge in [-0.25, -0.2) is 0 Å². The van der Waals surface area contributed by atoms with Crippen molar-refractivity contribution in [3.63, 3.8) is 0 Å². The lowest BCUT2D eigenvalue weighted by Crippen LogP contribution is -2.14. The van der Waals surface area contributed by atoms with Crippen LogP contribution in [-0.2, 0) is 0 Å². The fraction of sp³-hybridized carbons (Fsp3) is 0.800. The summed E-state index contributed by atoms with van der Waals surface area (Å²) in [6.07, 6.45) is 30.0. The van der Waals surface area contributed by atoms with Crippen LogP contribution in [0.5, 0.6) is 0 Å². The minimum atomic E-state index is 0.597. The highest BCUT2D eigenvalue weighted by molar-refractivity contribution is 8.03. The minimum Gasteiger partial charge on any atom is -0.365 e. The molecule has 2 heteroatoms. The molecule has 0 fully saturated rings. The Bertz CT molecular complexity index is 543. The molecule has 0 bridgehead atoms. The van der Waals surface area contributed by atoms with E-state index in [1.807, 2.05) is 0 Å². The molecule has 0 aromatic heterocycles. The van der Waals surface area contributed by atoms with Crippen LogP contribution in [0.3, 0.4) is 0 Å². The van der Waals surface area contributed by atoms with Gasteiger partial charge in [-0.3, -0.25) is 0 Å². The van der Waals surface area contributed by atoms with Crippen LogP contribution in [0.1, 0.15) is 144 Å². The summed E-state index contributed by atoms with van der Waals surface area (Å²) in [5.74, 6) is 0.597. The van der Waals surface area contributed by atoms with E-state index >= 15 is 0 Å². The average molecular weight is 462 g/mol. The van der Waals surface area contributed by atoms with E-state index in [2.05, 4.69) is 70.0 Å². The molecule has 1 aliphatic carbocycles. The molecular weight excluding hydrogens is 406 g/mol. The first-order chi connectivity index (χ1) is 15.6. The third-order valence-electron chi connectivity index (χ3n) is 6.42. The van der Waals surface area contributed by atoms with Crippen LogP contribution in [0.25, 0.3) is 0 Å². The molecule has 1 aliphatic rings. The Labute approximate surface area is 206 Å². The first-order valence-corrected chi connectivity index (χ1v) is 15.0. The van der Waals surface area contributed by atoms with Crippen molar-refractivity contribution in [2.75, 3.05) is 0 Å². The molecule has 0 heterocycles. The van der Waals surface area contributed by atoms with Crippen molar-refractivity contribution >= 4 is 11.8 Å². The quantitative estimate of drug-likeness (QED) is 0.171. The van der Waals surface area contributed by atoms with E-state index < -0.39 is 0 Å². The van der Waals surface area contributed by atoms with E-state index in [9.17, 15) is 0 Å². The maximum Gasteiger partial charge on any atom is 0.0303 e. The Hall–Kier alpha value is -0.630. The van der Waals surface area contributed by atoms with Crippen molar-refractivity contribution in [3.8, 4) is 0 Å². The van der Waals surface area contributed by atoms with E-state index in [1.54, 1.807) is 10.5 Å². The summed E-state index contributed by atoms with van der Waals surface area (Å²) in [7, 11) is 0. The summed E-state index contributed by atoms with van der Waals surface area (Å²) in [4.78, 5) is 1.69. The maximum atomic E-state index is 3.71. The van der Waals surface area contributed by atoms with Gasteiger partial charge in [0.25, 0.3) is 0 Å². The molecule has 0 saturated heterocycles. The van der Waals surface area contributed by atoms with Gasteiger partial charge in [0.1, 0.15) is 0 Å². The van der Waals surface area contributed by atoms with Crippen LogP contribution < -0.4 is 5.32 Å². The van der Waals surface area contributed by atoms with Gasteiger partial charge in [0, 0.05) is 16.9 Å². The molecule has 0 radical (unpaired) electrons. The first kappa shape index (κ1) is 29.4. The molecule has 1 atom stereocenters. The number of nitrogens with one attached hydrogen (secondary N) is 1. The molecule has 32 heavy (non-hydrogen) atoms. The van der Waals surface area contributed by atoms with Gasteiger partial charge in [0.2, 0.25) is 0 Å². The molecule has 1 rings (SSSR count). The first-order valence-electron chi connectivity index (χ1n) is 14.2. The van der Waals surface area contributed by atoms with Gasteiger partial charge in [-0.05, 0) is 48.4 Å². The summed E-state index contributed by atoms with van der Waals surface area (Å²) >= 11 is 2.14. The Morgan fingerprint density at radius 2 is 1.41 bits per heavy atom. The lowest BCUT2D eigenvalue weighted by Gasteiger charge is -2.21. The van der Waals surface area contributed by atoms with E-state index in [1.165, 1.54) is 108 Å². The predicted molar refractivity (Wildman–Crippen MR) is 149 cm³/mol. The molecule has 0 saturated carbocycles. The van der Waals surface area contributed by atoms with Gasteiger partial charge in [0.05, 0.1) is 0 Å². The number of hydrogen-bond donors (Lipinski definition) is 1. The van der Waals surface area contributed by atoms with Crippen molar-refractivity contribution in [1.82, 2.24) is 5.32 Å². The molecule has 1 unspecified atom stereocenters. The highest BCUT2D eigenvalue weighted by Crippen LogP contribution is 2.44. The summed E-state index contributed by atoms with van der Waals surface area (Å²) in [5.41, 5.74) is 3.10. The topological polar surface area (TPSA) is 12.0 Å². The largest absolute Gasteiger partial charge is 0.365 e. The maximum absolute atomic E-state index is 3.71. The zero-order valence-electron chi connectivity index (χ0n) is 22.3. The third kappa shape index (κ3) is 13.2. The zero-order valence-corrected chi connectivity index (χ0v) is 23.1. The highest BCUT2D eigenvalue weighted by Gasteiger charge is 2.28. The van der Waals surface area contributed by atoms with Crippen LogP contribution in [0.2, 0.25) is 0 Å². The fourth-order valence-electron chi connectivity index (χ4n) is 4.57. The van der Waals surface area contributed by atoms with E-state index in [4.69, 9.17) is 0 Å². The standard InChI is InChI=1S/C30H55NS/c1-6-9-12-14-16-17-19-22-27-25-29(31-24-21-11-8-3)28(30(27)32-26(4)5)23-20-18-15-13-10-7-2/h21,24-26,28,31H,6-20,22-23H2,1-5H3/b24-21+. The molecule has 1 nitrogen and oxygen atoms in total. The molecule has 0 spiro atoms. The smallest absolute Gasteiger partial charge is 0.0303 e. The van der Waals surface area contributed by atoms with Crippen molar-refractivity contribution in [3.05, 3.63) is 34.5 Å². The molecule has 186 valence electrons. The number of rotatable bonds is 21. The van der Waals surface area contributed by atoms with E-state index in [0.29, 0.717) is 11.2 Å². The second-order valence-corrected chi connectivity index (χ2v) is 11.6. The van der Waals surface area contributed by atoms with Crippen molar-refractivity contribution in [2.24, 2.45) is 5.92 Å². The van der Waals surface area contributed by atoms with Crippen LogP contribution in [0.4, 0.5) is 0 Å². The molecule has 0 amide bonds. The molecule has 0 aromatic carbocycles. The monoisotopic (exact) mass is 461 g/mol. The van der Waals surface area contributed by atoms with Gasteiger partial charge in [-0.15, -0.1) is 11.8 Å². The SMILES string of the molecule is CCC/C=C/NC1=CC(CCCCCCCCC)=C(SC(C)C)C1CCCCCCCC. The number of thioether (sulfide) groups is 1. The summed E-state index contributed by atoms with van der Waals surface area (Å²) in [6.45, 7) is 11.6. The van der Waals surface area contributed by atoms with Crippen LogP contribution in [0, 0.1) is 5.92 Å². The Morgan fingerprint density at radius 3 is 2.00 bits per heavy atom. The number of unbranched alkanes of at least 4 members (excludes halogenated alkanes) is 12. The number of hydrogen-bond acceptors (Lipinski definition) is 2. The van der Waals surface area contributed by atoms with Crippen molar-refractivity contribution < 1.29 is 0 Å². The second kappa shape index (κ2) is 19.8. The normalized spacial score (nSPS) is 16.6. The Morgan fingerprint density at radius 1 is 0.812 bits per heavy atom. The minimum absolute atomic E-state index is 0.597. The van der Waals surface area contributed by atoms with Crippen LogP contribution >= 0.6 is 11.8 Å². The third-order valence-corrected chi connectivity index (χ3v) is 7.69. The van der Waals surface area contributed by atoms with Gasteiger partial charge in [-0.2, -0.15) is 0 Å². The van der Waals surface area contributed by atoms with E-state index in [0.717, 1.165) is 6.42 Å². The van der Waals surface area contributed by atoms with Crippen LogP contribution in [0.15, 0.2) is 34.5 Å². The predicted octanol–water partition coefficient (Wildman–Crippen LogP) is 10.7. The van der Waals surface area contributed by atoms with Crippen molar-refractivity contribution in [1.29, 1.82) is 0 Å². The molecule has 0 aliphatic heterocycles. The second-order valence-electron chi connectivity index (χ2n) is 9.97. The highest BCUT2D eigenvalue weighted by atomic mass is 32.2. The number of allylic oxidation sites excluding steroid dienone is 4. The van der Waals surface area contributed by atoms with Gasteiger partial charge >= 0.3 is 0 Å². The zero-order chi connectivity index (χ0) is 23.4. The van der Waals surface area contributed by atoms with E-state index in [-0.39, 0.29) is 0 Å². The molecular formula is C30H55NS. The van der Waals surface area contributed by atoms with Gasteiger partial charge in [-0.1, -0.05) is 124 Å². The summed E-state index contributed by atoms with van der Waals surface area (Å²) in [6, 6.07) is 0. The van der Waals surface area contributed by atoms with Crippen molar-refractivity contribution in [2.45, 2.75) is 149 Å². The summed E-state index contributed by atoms with van der Waals surface area (Å²) < 4.78 is 0. The Balaban J connectivity index is 2.73. The van der Waals surface area contributed by atoms with Crippen LogP contribution in [-0.4, -0.2) is 5.25 Å². The lowest BCUT2D eigenvalue weighted by atomic mass is 9.98. The van der Waals surface area contributed by atoms with Gasteiger partial charge < -0.3 is 5.32 Å². The Kier molecular flexibility index (Phi) is 18.2. The molecule has 1 N–H and O–H groups in total. The fourth-order valence-corrected chi connectivity index (χ4v) is 5.80. The summed E-state index contributed by atoms with van der Waals surface area (Å²) in [5, 5.41) is 4.37. The molecule has 0 aromatic rings.